The van der Waals surface area contributed by atoms with E-state index in [1.165, 1.54) is 0 Å². The van der Waals surface area contributed by atoms with Gasteiger partial charge < -0.3 is 9.47 Å². The molecule has 1 fully saturated rings. The molecule has 1 aliphatic rings. The molecule has 0 spiro atoms. The summed E-state index contributed by atoms with van der Waals surface area (Å²) in [7, 11) is 0. The smallest absolute Gasteiger partial charge is 0.165 e. The predicted molar refractivity (Wildman–Crippen MR) is 68.1 cm³/mol. The van der Waals surface area contributed by atoms with Gasteiger partial charge >= 0.3 is 0 Å². The van der Waals surface area contributed by atoms with Crippen LogP contribution in [0.3, 0.4) is 0 Å². The Kier molecular flexibility index (Phi) is 4.56. The van der Waals surface area contributed by atoms with Crippen molar-refractivity contribution in [3.05, 3.63) is 29.8 Å². The van der Waals surface area contributed by atoms with Crippen LogP contribution in [0.1, 0.15) is 12.8 Å². The number of hydrogen-bond donors (Lipinski definition) is 0. The minimum absolute atomic E-state index is 0.0261. The molecular weight excluding hydrogens is 306 g/mol. The van der Waals surface area contributed by atoms with Crippen LogP contribution < -0.4 is 4.74 Å². The summed E-state index contributed by atoms with van der Waals surface area (Å²) >= 11 is 3.47. The van der Waals surface area contributed by atoms with Gasteiger partial charge in [-0.2, -0.15) is 0 Å². The highest BCUT2D eigenvalue weighted by atomic mass is 79.9. The number of halogens is 3. The van der Waals surface area contributed by atoms with Crippen molar-refractivity contribution in [2.45, 2.75) is 12.8 Å². The molecule has 1 heterocycles. The SMILES string of the molecule is Fc1ccc(F)c(OCC2(CBr)CCOCC2)c1. The van der Waals surface area contributed by atoms with E-state index in [0.717, 1.165) is 36.4 Å². The van der Waals surface area contributed by atoms with E-state index in [0.29, 0.717) is 19.8 Å². The van der Waals surface area contributed by atoms with Gasteiger partial charge in [-0.15, -0.1) is 0 Å². The molecule has 0 bridgehead atoms. The van der Waals surface area contributed by atoms with Crippen LogP contribution in [0.2, 0.25) is 0 Å². The highest BCUT2D eigenvalue weighted by molar-refractivity contribution is 9.09. The second-order valence-corrected chi connectivity index (χ2v) is 5.17. The Morgan fingerprint density at radius 2 is 2.00 bits per heavy atom. The monoisotopic (exact) mass is 320 g/mol. The normalized spacial score (nSPS) is 18.6. The van der Waals surface area contributed by atoms with Crippen molar-refractivity contribution in [3.63, 3.8) is 0 Å². The summed E-state index contributed by atoms with van der Waals surface area (Å²) in [5.41, 5.74) is -0.0585. The van der Waals surface area contributed by atoms with Crippen molar-refractivity contribution in [2.24, 2.45) is 5.41 Å². The van der Waals surface area contributed by atoms with Gasteiger partial charge in [-0.3, -0.25) is 0 Å². The maximum absolute atomic E-state index is 13.4. The summed E-state index contributed by atoms with van der Waals surface area (Å²) in [6.07, 6.45) is 1.71. The maximum Gasteiger partial charge on any atom is 0.165 e. The van der Waals surface area contributed by atoms with Crippen LogP contribution in [0.15, 0.2) is 18.2 Å². The molecule has 100 valence electrons. The van der Waals surface area contributed by atoms with Gasteiger partial charge in [0, 0.05) is 30.0 Å². The molecule has 1 aromatic rings. The molecule has 2 rings (SSSR count). The first-order valence-corrected chi connectivity index (χ1v) is 6.99. The zero-order valence-corrected chi connectivity index (χ0v) is 11.5. The molecule has 0 unspecified atom stereocenters. The van der Waals surface area contributed by atoms with Crippen LogP contribution in [-0.4, -0.2) is 25.2 Å². The first-order chi connectivity index (χ1) is 8.65. The van der Waals surface area contributed by atoms with Gasteiger partial charge in [-0.25, -0.2) is 8.78 Å². The van der Waals surface area contributed by atoms with Gasteiger partial charge in [0.15, 0.2) is 11.6 Å². The maximum atomic E-state index is 13.4. The number of hydrogen-bond acceptors (Lipinski definition) is 2. The number of alkyl halides is 1. The average Bonchev–Trinajstić information content (AvgIpc) is 2.41. The molecule has 0 aliphatic carbocycles. The first-order valence-electron chi connectivity index (χ1n) is 5.87. The van der Waals surface area contributed by atoms with E-state index in [4.69, 9.17) is 9.47 Å². The standard InChI is InChI=1S/C13H15BrF2O2/c14-8-13(3-5-17-6-4-13)9-18-12-7-10(15)1-2-11(12)16/h1-2,7H,3-6,8-9H2. The molecule has 0 N–H and O–H groups in total. The molecule has 0 atom stereocenters. The second-order valence-electron chi connectivity index (χ2n) is 4.61. The van der Waals surface area contributed by atoms with Crippen molar-refractivity contribution in [3.8, 4) is 5.75 Å². The minimum Gasteiger partial charge on any atom is -0.490 e. The summed E-state index contributed by atoms with van der Waals surface area (Å²) in [6, 6.07) is 3.24. The Hall–Kier alpha value is -0.680. The number of ether oxygens (including phenoxy) is 2. The van der Waals surface area contributed by atoms with Crippen molar-refractivity contribution in [1.82, 2.24) is 0 Å². The van der Waals surface area contributed by atoms with Gasteiger partial charge in [-0.1, -0.05) is 15.9 Å². The van der Waals surface area contributed by atoms with Gasteiger partial charge in [0.2, 0.25) is 0 Å². The predicted octanol–water partition coefficient (Wildman–Crippen LogP) is 3.54. The minimum atomic E-state index is -0.534. The van der Waals surface area contributed by atoms with Gasteiger partial charge in [-0.05, 0) is 25.0 Å². The lowest BCUT2D eigenvalue weighted by atomic mass is 9.83. The van der Waals surface area contributed by atoms with Crippen molar-refractivity contribution >= 4 is 15.9 Å². The Morgan fingerprint density at radius 1 is 1.28 bits per heavy atom. The largest absolute Gasteiger partial charge is 0.490 e. The van der Waals surface area contributed by atoms with Gasteiger partial charge in [0.05, 0.1) is 6.61 Å². The average molecular weight is 321 g/mol. The third-order valence-corrected chi connectivity index (χ3v) is 4.45. The molecule has 1 saturated heterocycles. The van der Waals surface area contributed by atoms with E-state index in [2.05, 4.69) is 15.9 Å². The second kappa shape index (κ2) is 5.97. The number of rotatable bonds is 4. The van der Waals surface area contributed by atoms with E-state index < -0.39 is 11.6 Å². The van der Waals surface area contributed by atoms with E-state index in [1.54, 1.807) is 0 Å². The van der Waals surface area contributed by atoms with E-state index in [-0.39, 0.29) is 11.2 Å². The lowest BCUT2D eigenvalue weighted by Crippen LogP contribution is -2.36. The van der Waals surface area contributed by atoms with E-state index in [9.17, 15) is 8.78 Å². The number of benzene rings is 1. The Bertz CT molecular complexity index is 406. The van der Waals surface area contributed by atoms with Crippen molar-refractivity contribution in [2.75, 3.05) is 25.2 Å². The molecule has 0 radical (unpaired) electrons. The van der Waals surface area contributed by atoms with Crippen LogP contribution >= 0.6 is 15.9 Å². The summed E-state index contributed by atoms with van der Waals surface area (Å²) < 4.78 is 37.2. The molecule has 1 aromatic carbocycles. The Labute approximate surface area is 113 Å². The Morgan fingerprint density at radius 3 is 2.67 bits per heavy atom. The molecule has 18 heavy (non-hydrogen) atoms. The topological polar surface area (TPSA) is 18.5 Å². The fraction of sp³-hybridized carbons (Fsp3) is 0.538. The molecule has 0 amide bonds. The highest BCUT2D eigenvalue weighted by Crippen LogP contribution is 2.33. The van der Waals surface area contributed by atoms with Crippen LogP contribution in [-0.2, 0) is 4.74 Å². The van der Waals surface area contributed by atoms with Crippen molar-refractivity contribution < 1.29 is 18.3 Å². The highest BCUT2D eigenvalue weighted by Gasteiger charge is 2.32. The summed E-state index contributed by atoms with van der Waals surface area (Å²) in [6.45, 7) is 1.73. The van der Waals surface area contributed by atoms with Crippen LogP contribution in [0.25, 0.3) is 0 Å². The molecular formula is C13H15BrF2O2. The molecule has 5 heteroatoms. The Balaban J connectivity index is 2.03. The van der Waals surface area contributed by atoms with Gasteiger partial charge in [0.25, 0.3) is 0 Å². The summed E-state index contributed by atoms with van der Waals surface area (Å²) in [5, 5.41) is 0.764. The zero-order chi connectivity index (χ0) is 13.0. The fourth-order valence-corrected chi connectivity index (χ4v) is 2.66. The third-order valence-electron chi connectivity index (χ3n) is 3.26. The van der Waals surface area contributed by atoms with Crippen LogP contribution in [0.5, 0.6) is 5.75 Å². The van der Waals surface area contributed by atoms with E-state index >= 15 is 0 Å². The van der Waals surface area contributed by atoms with Crippen LogP contribution in [0, 0.1) is 17.0 Å². The molecule has 0 aromatic heterocycles. The first kappa shape index (κ1) is 13.7. The van der Waals surface area contributed by atoms with Gasteiger partial charge in [0.1, 0.15) is 5.82 Å². The molecule has 2 nitrogen and oxygen atoms in total. The lowest BCUT2D eigenvalue weighted by molar-refractivity contribution is 0.00284. The fourth-order valence-electron chi connectivity index (χ4n) is 1.94. The van der Waals surface area contributed by atoms with Crippen molar-refractivity contribution in [1.29, 1.82) is 0 Å². The molecule has 0 saturated carbocycles. The summed E-state index contributed by atoms with van der Waals surface area (Å²) in [5.74, 6) is -1.05. The lowest BCUT2D eigenvalue weighted by Gasteiger charge is -2.35. The quantitative estimate of drug-likeness (QED) is 0.790. The third kappa shape index (κ3) is 3.20. The van der Waals surface area contributed by atoms with E-state index in [1.807, 2.05) is 0 Å². The summed E-state index contributed by atoms with van der Waals surface area (Å²) in [4.78, 5) is 0. The molecule has 1 aliphatic heterocycles. The van der Waals surface area contributed by atoms with Crippen LogP contribution in [0.4, 0.5) is 8.78 Å². The zero-order valence-electron chi connectivity index (χ0n) is 9.93.